The summed E-state index contributed by atoms with van der Waals surface area (Å²) in [5, 5.41) is -1.03. The molecule has 1 rings (SSSR count). The number of halogens is 7. The first-order chi connectivity index (χ1) is 6.68. The second-order valence-corrected chi connectivity index (χ2v) is 17.5. The Bertz CT molecular complexity index is 442. The maximum atomic E-state index is 13.1. The third kappa shape index (κ3) is 2.43. The summed E-state index contributed by atoms with van der Waals surface area (Å²) < 4.78 is 61.1. The van der Waals surface area contributed by atoms with Crippen LogP contribution < -0.4 is 5.30 Å². The molecule has 0 amide bonds. The quantitative estimate of drug-likeness (QED) is 0.301. The van der Waals surface area contributed by atoms with Crippen molar-refractivity contribution < 1.29 is 22.0 Å². The second-order valence-electron chi connectivity index (χ2n) is 2.38. The average Bonchev–Trinajstić information content (AvgIpc) is 2.09. The topological polar surface area (TPSA) is 0 Å². The highest BCUT2D eigenvalue weighted by molar-refractivity contribution is 9.75. The summed E-state index contributed by atoms with van der Waals surface area (Å²) in [5.74, 6) is -10.0. The van der Waals surface area contributed by atoms with Crippen molar-refractivity contribution >= 4 is 51.5 Å². The summed E-state index contributed by atoms with van der Waals surface area (Å²) >= 11 is 9.97. The van der Waals surface area contributed by atoms with Gasteiger partial charge in [-0.25, -0.2) is 22.0 Å². The first kappa shape index (κ1) is 13.5. The maximum Gasteiger partial charge on any atom is 0.200 e. The van der Waals surface area contributed by atoms with Crippen LogP contribution in [0.2, 0.25) is 0 Å². The lowest BCUT2D eigenvalue weighted by atomic mass is 10.3. The Labute approximate surface area is 102 Å². The van der Waals surface area contributed by atoms with Crippen LogP contribution in [0.15, 0.2) is 0 Å². The number of hydrogen-bond acceptors (Lipinski definition) is 1. The molecule has 0 saturated carbocycles. The molecule has 0 aliphatic carbocycles. The molecule has 0 unspecified atom stereocenters. The van der Waals surface area contributed by atoms with Gasteiger partial charge in [-0.1, -0.05) is 11.8 Å². The van der Waals surface area contributed by atoms with Gasteiger partial charge in [0.15, 0.2) is 23.3 Å². The zero-order valence-corrected chi connectivity index (χ0v) is 11.4. The molecule has 0 heterocycles. The first-order valence-corrected chi connectivity index (χ1v) is 10.0. The Balaban J connectivity index is 3.76. The zero-order chi connectivity index (χ0) is 12.0. The van der Waals surface area contributed by atoms with E-state index < -0.39 is 37.8 Å². The van der Waals surface area contributed by atoms with Crippen molar-refractivity contribution in [3.8, 4) is 0 Å². The van der Waals surface area contributed by atoms with Gasteiger partial charge in [-0.15, -0.1) is 0 Å². The predicted molar refractivity (Wildman–Crippen MR) is 58.0 cm³/mol. The van der Waals surface area contributed by atoms with E-state index in [9.17, 15) is 22.0 Å². The minimum absolute atomic E-state index is 1.03. The van der Waals surface area contributed by atoms with Crippen LogP contribution in [0, 0.1) is 29.1 Å². The first-order valence-electron chi connectivity index (χ1n) is 3.19. The van der Waals surface area contributed by atoms with Crippen LogP contribution in [-0.2, 0) is 11.8 Å². The lowest BCUT2D eigenvalue weighted by Gasteiger charge is -2.11. The molecule has 0 saturated heterocycles. The molecule has 15 heavy (non-hydrogen) atoms. The second kappa shape index (κ2) is 4.39. The Morgan fingerprint density at radius 3 is 1.27 bits per heavy atom. The molecule has 9 heteroatoms. The van der Waals surface area contributed by atoms with Crippen LogP contribution in [-0.4, -0.2) is 0 Å². The fourth-order valence-corrected chi connectivity index (χ4v) is 3.82. The van der Waals surface area contributed by atoms with Crippen molar-refractivity contribution in [1.82, 2.24) is 0 Å². The predicted octanol–water partition coefficient (Wildman–Crippen LogP) is 4.11. The Hall–Kier alpha value is 0.480. The highest BCUT2D eigenvalue weighted by Gasteiger charge is 2.31. The van der Waals surface area contributed by atoms with Gasteiger partial charge in [-0.05, 0) is 31.0 Å². The van der Waals surface area contributed by atoms with Crippen molar-refractivity contribution in [2.75, 3.05) is 0 Å². The minimum Gasteiger partial charge on any atom is -0.203 e. The third-order valence-electron chi connectivity index (χ3n) is 1.45. The lowest BCUT2D eigenvalue weighted by Crippen LogP contribution is -2.17. The van der Waals surface area contributed by atoms with E-state index in [2.05, 4.69) is 42.8 Å². The van der Waals surface area contributed by atoms with Gasteiger partial charge in [0.25, 0.3) is 0 Å². The van der Waals surface area contributed by atoms with Gasteiger partial charge in [0.1, 0.15) is 3.44 Å². The summed E-state index contributed by atoms with van der Waals surface area (Å²) in [4.78, 5) is 0. The van der Waals surface area contributed by atoms with E-state index in [0.29, 0.717) is 0 Å². The molecule has 0 radical (unpaired) electrons. The molecule has 0 fully saturated rings. The molecule has 0 aliphatic heterocycles. The number of hydrogen-bond donors (Lipinski definition) is 0. The Morgan fingerprint density at radius 1 is 0.733 bits per heavy atom. The smallest absolute Gasteiger partial charge is 0.200 e. The molecule has 0 atom stereocenters. The fraction of sp³-hybridized carbons (Fsp3) is 0. The summed E-state index contributed by atoms with van der Waals surface area (Å²) in [6, 6.07) is 0. The van der Waals surface area contributed by atoms with Gasteiger partial charge in [0, 0.05) is 0 Å². The number of rotatable bonds is 1. The molecule has 0 bridgehead atoms. The lowest BCUT2D eigenvalue weighted by molar-refractivity contribution is 0.384. The van der Waals surface area contributed by atoms with E-state index in [1.165, 1.54) is 0 Å². The van der Waals surface area contributed by atoms with E-state index in [4.69, 9.17) is 0 Å². The summed E-state index contributed by atoms with van der Waals surface area (Å²) in [7, 11) is 0. The van der Waals surface area contributed by atoms with Crippen molar-refractivity contribution in [3.63, 3.8) is 0 Å². The summed E-state index contributed by atoms with van der Waals surface area (Å²) in [6.07, 6.45) is 0. The summed E-state index contributed by atoms with van der Waals surface area (Å²) in [5.41, 5.74) is 0. The standard InChI is InChI=1S/C6Br2F5PS/c7-14(8,15)6-4(12)2(10)1(9)3(11)5(6)13. The van der Waals surface area contributed by atoms with Gasteiger partial charge in [-0.2, -0.15) is 0 Å². The van der Waals surface area contributed by atoms with Gasteiger partial charge >= 0.3 is 0 Å². The molecule has 0 spiro atoms. The molecule has 1 aromatic carbocycles. The molecular formula is C6Br2F5PS. The largest absolute Gasteiger partial charge is 0.203 e. The Kier molecular flexibility index (Phi) is 3.96. The molecule has 0 aromatic heterocycles. The monoisotopic (exact) mass is 388 g/mol. The highest BCUT2D eigenvalue weighted by Crippen LogP contribution is 2.61. The van der Waals surface area contributed by atoms with Gasteiger partial charge in [0.05, 0.1) is 5.30 Å². The van der Waals surface area contributed by atoms with E-state index >= 15 is 0 Å². The fourth-order valence-electron chi connectivity index (χ4n) is 0.822. The van der Waals surface area contributed by atoms with Crippen molar-refractivity contribution in [2.24, 2.45) is 0 Å². The third-order valence-corrected chi connectivity index (χ3v) is 5.04. The molecule has 0 nitrogen and oxygen atoms in total. The van der Waals surface area contributed by atoms with Crippen molar-refractivity contribution in [1.29, 1.82) is 0 Å². The number of benzene rings is 1. The van der Waals surface area contributed by atoms with Gasteiger partial charge < -0.3 is 0 Å². The van der Waals surface area contributed by atoms with E-state index in [1.807, 2.05) is 0 Å². The molecule has 1 aromatic rings. The minimum atomic E-state index is -3.11. The van der Waals surface area contributed by atoms with E-state index in [1.54, 1.807) is 0 Å². The van der Waals surface area contributed by atoms with Gasteiger partial charge in [-0.3, -0.25) is 0 Å². The SMILES string of the molecule is Fc1c(F)c(F)c(P(=S)(Br)Br)c(F)c1F. The highest BCUT2D eigenvalue weighted by atomic mass is 79.9. The Morgan fingerprint density at radius 2 is 1.00 bits per heavy atom. The van der Waals surface area contributed by atoms with E-state index in [0.717, 1.165) is 0 Å². The zero-order valence-electron chi connectivity index (χ0n) is 6.50. The van der Waals surface area contributed by atoms with Crippen LogP contribution in [0.4, 0.5) is 22.0 Å². The normalized spacial score (nSPS) is 11.9. The van der Waals surface area contributed by atoms with Crippen LogP contribution >= 0.6 is 34.4 Å². The molecule has 0 aliphatic rings. The van der Waals surface area contributed by atoms with Gasteiger partial charge in [0.2, 0.25) is 5.82 Å². The van der Waals surface area contributed by atoms with Crippen molar-refractivity contribution in [2.45, 2.75) is 0 Å². The van der Waals surface area contributed by atoms with Crippen molar-refractivity contribution in [3.05, 3.63) is 29.1 Å². The van der Waals surface area contributed by atoms with E-state index in [-0.39, 0.29) is 0 Å². The molecule has 84 valence electrons. The van der Waals surface area contributed by atoms with Crippen LogP contribution in [0.5, 0.6) is 0 Å². The molecular weight excluding hydrogens is 390 g/mol. The van der Waals surface area contributed by atoms with Crippen LogP contribution in [0.25, 0.3) is 0 Å². The van der Waals surface area contributed by atoms with Crippen LogP contribution in [0.3, 0.4) is 0 Å². The maximum absolute atomic E-state index is 13.1. The summed E-state index contributed by atoms with van der Waals surface area (Å²) in [6.45, 7) is 0. The molecule has 0 N–H and O–H groups in total. The van der Waals surface area contributed by atoms with Crippen LogP contribution in [0.1, 0.15) is 0 Å². The average molecular weight is 390 g/mol.